The van der Waals surface area contributed by atoms with E-state index in [2.05, 4.69) is 0 Å². The molecule has 2 N–H and O–H groups in total. The van der Waals surface area contributed by atoms with Crippen molar-refractivity contribution in [2.45, 2.75) is 0 Å². The number of methoxy groups -OCH3 is 1. The Morgan fingerprint density at radius 3 is 2.62 bits per heavy atom. The van der Waals surface area contributed by atoms with Crippen LogP contribution in [0.4, 0.5) is 5.69 Å². The van der Waals surface area contributed by atoms with E-state index >= 15 is 0 Å². The fourth-order valence-corrected chi connectivity index (χ4v) is 1.20. The highest BCUT2D eigenvalue weighted by Gasteiger charge is 2.25. The van der Waals surface area contributed by atoms with Gasteiger partial charge in [-0.2, -0.15) is 5.26 Å². The van der Waals surface area contributed by atoms with Crippen LogP contribution in [0.5, 0.6) is 5.75 Å². The minimum absolute atomic E-state index is 0.0660. The van der Waals surface area contributed by atoms with Crippen LogP contribution in [0.2, 0.25) is 0 Å². The molecule has 1 amide bonds. The molecular formula is C9H7N3O4. The minimum Gasteiger partial charge on any atom is -0.490 e. The molecule has 0 aliphatic carbocycles. The van der Waals surface area contributed by atoms with Crippen molar-refractivity contribution in [1.82, 2.24) is 0 Å². The Morgan fingerprint density at radius 2 is 2.25 bits per heavy atom. The van der Waals surface area contributed by atoms with E-state index in [-0.39, 0.29) is 16.9 Å². The summed E-state index contributed by atoms with van der Waals surface area (Å²) < 4.78 is 4.74. The van der Waals surface area contributed by atoms with Crippen LogP contribution in [0.3, 0.4) is 0 Å². The molecule has 0 heterocycles. The molecule has 0 aliphatic heterocycles. The second-order valence-corrected chi connectivity index (χ2v) is 2.81. The third kappa shape index (κ3) is 1.90. The number of carbonyl (C=O) groups excluding carboxylic acids is 1. The number of primary amides is 1. The van der Waals surface area contributed by atoms with Gasteiger partial charge in [0.1, 0.15) is 5.56 Å². The molecule has 1 rings (SSSR count). The molecule has 0 fully saturated rings. The fraction of sp³-hybridized carbons (Fsp3) is 0.111. The maximum absolute atomic E-state index is 11.0. The first-order chi connectivity index (χ1) is 7.51. The normalized spacial score (nSPS) is 9.25. The highest BCUT2D eigenvalue weighted by atomic mass is 16.6. The summed E-state index contributed by atoms with van der Waals surface area (Å²) in [6, 6.07) is 3.98. The molecule has 0 bridgehead atoms. The van der Waals surface area contributed by atoms with E-state index in [4.69, 9.17) is 15.7 Å². The highest BCUT2D eigenvalue weighted by molar-refractivity contribution is 5.98. The van der Waals surface area contributed by atoms with E-state index in [1.165, 1.54) is 13.2 Å². The Kier molecular flexibility index (Phi) is 3.06. The lowest BCUT2D eigenvalue weighted by atomic mass is 10.1. The summed E-state index contributed by atoms with van der Waals surface area (Å²) in [5.74, 6) is -1.15. The number of nitro groups is 1. The Bertz CT molecular complexity index is 504. The van der Waals surface area contributed by atoms with Crippen LogP contribution in [0.25, 0.3) is 0 Å². The zero-order valence-corrected chi connectivity index (χ0v) is 8.26. The fourth-order valence-electron chi connectivity index (χ4n) is 1.20. The average Bonchev–Trinajstić information content (AvgIpc) is 2.26. The Hall–Kier alpha value is -2.62. The van der Waals surface area contributed by atoms with Crippen molar-refractivity contribution < 1.29 is 14.5 Å². The van der Waals surface area contributed by atoms with Crippen LogP contribution in [0.1, 0.15) is 15.9 Å². The number of carbonyl (C=O) groups is 1. The van der Waals surface area contributed by atoms with Gasteiger partial charge in [0.25, 0.3) is 5.91 Å². The Balaban J connectivity index is 3.62. The van der Waals surface area contributed by atoms with Crippen LogP contribution < -0.4 is 10.5 Å². The number of nitro benzene ring substituents is 1. The molecule has 0 aliphatic rings. The predicted octanol–water partition coefficient (Wildman–Crippen LogP) is 0.574. The average molecular weight is 221 g/mol. The third-order valence-electron chi connectivity index (χ3n) is 1.87. The van der Waals surface area contributed by atoms with Gasteiger partial charge in [-0.1, -0.05) is 0 Å². The van der Waals surface area contributed by atoms with Crippen molar-refractivity contribution >= 4 is 11.6 Å². The van der Waals surface area contributed by atoms with Gasteiger partial charge in [0.2, 0.25) is 0 Å². The van der Waals surface area contributed by atoms with Gasteiger partial charge in [0, 0.05) is 6.07 Å². The van der Waals surface area contributed by atoms with E-state index in [0.29, 0.717) is 0 Å². The van der Waals surface area contributed by atoms with Crippen molar-refractivity contribution in [2.75, 3.05) is 7.11 Å². The van der Waals surface area contributed by atoms with Gasteiger partial charge in [-0.25, -0.2) is 0 Å². The SMILES string of the molecule is COc1cc(C#N)cc(C(N)=O)c1[N+](=O)[O-]. The lowest BCUT2D eigenvalue weighted by Gasteiger charge is -2.05. The van der Waals surface area contributed by atoms with Crippen molar-refractivity contribution in [3.05, 3.63) is 33.4 Å². The van der Waals surface area contributed by atoms with E-state index in [0.717, 1.165) is 6.07 Å². The van der Waals surface area contributed by atoms with Gasteiger partial charge in [-0.05, 0) is 6.07 Å². The predicted molar refractivity (Wildman–Crippen MR) is 52.9 cm³/mol. The van der Waals surface area contributed by atoms with Gasteiger partial charge in [-0.3, -0.25) is 14.9 Å². The molecular weight excluding hydrogens is 214 g/mol. The number of nitrogens with two attached hydrogens (primary N) is 1. The number of nitriles is 1. The van der Waals surface area contributed by atoms with Crippen LogP contribution in [0.15, 0.2) is 12.1 Å². The second-order valence-electron chi connectivity index (χ2n) is 2.81. The van der Waals surface area contributed by atoms with Crippen molar-refractivity contribution in [1.29, 1.82) is 5.26 Å². The summed E-state index contributed by atoms with van der Waals surface area (Å²) in [5, 5.41) is 19.4. The van der Waals surface area contributed by atoms with Gasteiger partial charge < -0.3 is 10.5 Å². The van der Waals surface area contributed by atoms with E-state index in [1.807, 2.05) is 0 Å². The molecule has 0 aromatic heterocycles. The number of benzene rings is 1. The lowest BCUT2D eigenvalue weighted by Crippen LogP contribution is -2.14. The van der Waals surface area contributed by atoms with Crippen LogP contribution in [-0.2, 0) is 0 Å². The number of ether oxygens (including phenoxy) is 1. The van der Waals surface area contributed by atoms with E-state index < -0.39 is 16.5 Å². The molecule has 0 unspecified atom stereocenters. The second kappa shape index (κ2) is 4.27. The maximum atomic E-state index is 11.0. The molecule has 0 atom stereocenters. The zero-order valence-electron chi connectivity index (χ0n) is 8.26. The van der Waals surface area contributed by atoms with Crippen LogP contribution in [-0.4, -0.2) is 17.9 Å². The lowest BCUT2D eigenvalue weighted by molar-refractivity contribution is -0.386. The van der Waals surface area contributed by atoms with Gasteiger partial charge in [0.15, 0.2) is 5.75 Å². The molecule has 1 aromatic carbocycles. The molecule has 0 spiro atoms. The molecule has 82 valence electrons. The standard InChI is InChI=1S/C9H7N3O4/c1-16-7-3-5(4-10)2-6(9(11)13)8(7)12(14)15/h2-3H,1H3,(H2,11,13). The summed E-state index contributed by atoms with van der Waals surface area (Å²) >= 11 is 0. The van der Waals surface area contributed by atoms with E-state index in [1.54, 1.807) is 6.07 Å². The zero-order chi connectivity index (χ0) is 12.3. The maximum Gasteiger partial charge on any atom is 0.323 e. The van der Waals surface area contributed by atoms with Crippen molar-refractivity contribution in [2.24, 2.45) is 5.73 Å². The molecule has 16 heavy (non-hydrogen) atoms. The monoisotopic (exact) mass is 221 g/mol. The van der Waals surface area contributed by atoms with Crippen LogP contribution in [0, 0.1) is 21.4 Å². The molecule has 7 heteroatoms. The number of hydrogen-bond acceptors (Lipinski definition) is 5. The van der Waals surface area contributed by atoms with Crippen LogP contribution >= 0.6 is 0 Å². The summed E-state index contributed by atoms with van der Waals surface area (Å²) in [4.78, 5) is 21.0. The van der Waals surface area contributed by atoms with Gasteiger partial charge in [-0.15, -0.1) is 0 Å². The first-order valence-corrected chi connectivity index (χ1v) is 4.07. The van der Waals surface area contributed by atoms with Crippen molar-refractivity contribution in [3.8, 4) is 11.8 Å². The number of nitrogens with zero attached hydrogens (tertiary/aromatic N) is 2. The first-order valence-electron chi connectivity index (χ1n) is 4.07. The Morgan fingerprint density at radius 1 is 1.62 bits per heavy atom. The number of hydrogen-bond donors (Lipinski definition) is 1. The van der Waals surface area contributed by atoms with Gasteiger partial charge >= 0.3 is 5.69 Å². The molecule has 1 aromatic rings. The number of amides is 1. The molecule has 0 radical (unpaired) electrons. The highest BCUT2D eigenvalue weighted by Crippen LogP contribution is 2.31. The molecule has 0 saturated heterocycles. The Labute approximate surface area is 90.2 Å². The largest absolute Gasteiger partial charge is 0.490 e. The first kappa shape index (κ1) is 11.5. The smallest absolute Gasteiger partial charge is 0.323 e. The quantitative estimate of drug-likeness (QED) is 0.591. The summed E-state index contributed by atoms with van der Waals surface area (Å²) in [7, 11) is 1.20. The molecule has 7 nitrogen and oxygen atoms in total. The summed E-state index contributed by atoms with van der Waals surface area (Å²) in [6.45, 7) is 0. The van der Waals surface area contributed by atoms with Crippen molar-refractivity contribution in [3.63, 3.8) is 0 Å². The topological polar surface area (TPSA) is 119 Å². The third-order valence-corrected chi connectivity index (χ3v) is 1.87. The van der Waals surface area contributed by atoms with Gasteiger partial charge in [0.05, 0.1) is 23.7 Å². The summed E-state index contributed by atoms with van der Waals surface area (Å²) in [5.41, 5.74) is 4.18. The minimum atomic E-state index is -0.984. The number of rotatable bonds is 3. The summed E-state index contributed by atoms with van der Waals surface area (Å²) in [6.07, 6.45) is 0. The van der Waals surface area contributed by atoms with E-state index in [9.17, 15) is 14.9 Å². The molecule has 0 saturated carbocycles.